The van der Waals surface area contributed by atoms with Gasteiger partial charge in [0.05, 0.1) is 61.6 Å². The van der Waals surface area contributed by atoms with Crippen LogP contribution in [0.2, 0.25) is 0 Å². The fraction of sp³-hybridized carbons (Fsp3) is 0.333. The number of halogens is 3. The molecule has 0 aromatic carbocycles. The van der Waals surface area contributed by atoms with Crippen molar-refractivity contribution in [3.8, 4) is 5.75 Å². The molecule has 11 nitrogen and oxygen atoms in total. The van der Waals surface area contributed by atoms with Gasteiger partial charge in [-0.25, -0.2) is 9.97 Å². The minimum atomic E-state index is -4.46. The number of ether oxygens (including phenoxy) is 2. The summed E-state index contributed by atoms with van der Waals surface area (Å²) in [5.74, 6) is 0.427. The molecule has 1 saturated heterocycles. The maximum Gasteiger partial charge on any atom is 0.416 e. The SMILES string of the molecule is COc1cncc(N(C)C(=O)C2OCCC2n2cnc3cnc(NCc4cc(C(F)(F)F)ccn4)nc32)c1. The number of alkyl halides is 3. The number of methoxy groups -OCH3 is 1. The lowest BCUT2D eigenvalue weighted by Gasteiger charge is -2.25. The second-order valence-corrected chi connectivity index (χ2v) is 8.57. The third-order valence-electron chi connectivity index (χ3n) is 6.20. The lowest BCUT2D eigenvalue weighted by molar-refractivity contribution is -0.137. The van der Waals surface area contributed by atoms with E-state index in [1.165, 1.54) is 18.2 Å². The largest absolute Gasteiger partial charge is 0.495 e. The van der Waals surface area contributed by atoms with Crippen molar-refractivity contribution in [2.24, 2.45) is 0 Å². The average molecular weight is 528 g/mol. The molecule has 1 aliphatic heterocycles. The number of pyridine rings is 2. The predicted molar refractivity (Wildman–Crippen MR) is 129 cm³/mol. The Labute approximate surface area is 214 Å². The van der Waals surface area contributed by atoms with E-state index in [1.807, 2.05) is 0 Å². The number of fused-ring (bicyclic) bond motifs is 1. The number of likely N-dealkylation sites (N-methyl/N-ethyl adjacent to an activating group) is 1. The summed E-state index contributed by atoms with van der Waals surface area (Å²) in [7, 11) is 3.15. The Bertz CT molecular complexity index is 1460. The van der Waals surface area contributed by atoms with Crippen LogP contribution < -0.4 is 15.0 Å². The van der Waals surface area contributed by atoms with Crippen molar-refractivity contribution < 1.29 is 27.4 Å². The Morgan fingerprint density at radius 2 is 2.08 bits per heavy atom. The monoisotopic (exact) mass is 528 g/mol. The zero-order valence-corrected chi connectivity index (χ0v) is 20.4. The fourth-order valence-electron chi connectivity index (χ4n) is 4.19. The number of anilines is 2. The number of amides is 1. The van der Waals surface area contributed by atoms with Gasteiger partial charge in [-0.3, -0.25) is 14.8 Å². The van der Waals surface area contributed by atoms with E-state index in [2.05, 4.69) is 30.2 Å². The highest BCUT2D eigenvalue weighted by Gasteiger charge is 2.38. The highest BCUT2D eigenvalue weighted by atomic mass is 19.4. The first kappa shape index (κ1) is 25.3. The number of carbonyl (C=O) groups excluding carboxylic acids is 1. The van der Waals surface area contributed by atoms with Crippen molar-refractivity contribution in [1.82, 2.24) is 29.5 Å². The van der Waals surface area contributed by atoms with Crippen molar-refractivity contribution in [2.45, 2.75) is 31.3 Å². The van der Waals surface area contributed by atoms with E-state index < -0.39 is 17.8 Å². The lowest BCUT2D eigenvalue weighted by atomic mass is 10.1. The number of nitrogens with one attached hydrogen (secondary N) is 1. The first-order valence-corrected chi connectivity index (χ1v) is 11.6. The molecule has 0 bridgehead atoms. The molecule has 2 unspecified atom stereocenters. The predicted octanol–water partition coefficient (Wildman–Crippen LogP) is 3.25. The first-order valence-electron chi connectivity index (χ1n) is 11.6. The second-order valence-electron chi connectivity index (χ2n) is 8.57. The molecule has 0 radical (unpaired) electrons. The zero-order chi connectivity index (χ0) is 26.9. The van der Waals surface area contributed by atoms with E-state index in [4.69, 9.17) is 9.47 Å². The zero-order valence-electron chi connectivity index (χ0n) is 20.4. The van der Waals surface area contributed by atoms with Gasteiger partial charge in [0.2, 0.25) is 5.95 Å². The van der Waals surface area contributed by atoms with Gasteiger partial charge in [0, 0.05) is 25.9 Å². The van der Waals surface area contributed by atoms with Gasteiger partial charge < -0.3 is 24.3 Å². The van der Waals surface area contributed by atoms with Crippen LogP contribution in [0, 0.1) is 0 Å². The van der Waals surface area contributed by atoms with E-state index in [-0.39, 0.29) is 30.1 Å². The number of nitrogens with zero attached hydrogens (tertiary/aromatic N) is 7. The molecule has 4 aromatic heterocycles. The topological polar surface area (TPSA) is 120 Å². The Balaban J connectivity index is 1.35. The van der Waals surface area contributed by atoms with Gasteiger partial charge >= 0.3 is 6.18 Å². The molecule has 1 amide bonds. The van der Waals surface area contributed by atoms with E-state index in [0.717, 1.165) is 18.3 Å². The molecule has 14 heteroatoms. The Morgan fingerprint density at radius 1 is 1.24 bits per heavy atom. The maximum absolute atomic E-state index is 13.4. The van der Waals surface area contributed by atoms with Crippen LogP contribution in [0.15, 0.2) is 49.3 Å². The van der Waals surface area contributed by atoms with Gasteiger partial charge in [-0.15, -0.1) is 0 Å². The van der Waals surface area contributed by atoms with Crippen LogP contribution in [0.4, 0.5) is 24.8 Å². The fourth-order valence-corrected chi connectivity index (χ4v) is 4.19. The van der Waals surface area contributed by atoms with Gasteiger partial charge in [-0.1, -0.05) is 0 Å². The third-order valence-corrected chi connectivity index (χ3v) is 6.20. The van der Waals surface area contributed by atoms with Gasteiger partial charge in [0.25, 0.3) is 5.91 Å². The quantitative estimate of drug-likeness (QED) is 0.385. The van der Waals surface area contributed by atoms with Crippen molar-refractivity contribution in [3.63, 3.8) is 0 Å². The molecule has 1 fully saturated rings. The van der Waals surface area contributed by atoms with Gasteiger partial charge in [-0.05, 0) is 18.6 Å². The van der Waals surface area contributed by atoms with Crippen LogP contribution in [0.1, 0.15) is 23.7 Å². The van der Waals surface area contributed by atoms with E-state index in [0.29, 0.717) is 35.6 Å². The van der Waals surface area contributed by atoms with Gasteiger partial charge in [0.1, 0.15) is 11.3 Å². The van der Waals surface area contributed by atoms with E-state index in [9.17, 15) is 18.0 Å². The molecular weight excluding hydrogens is 505 g/mol. The summed E-state index contributed by atoms with van der Waals surface area (Å²) < 4.78 is 51.8. The van der Waals surface area contributed by atoms with Crippen molar-refractivity contribution in [1.29, 1.82) is 0 Å². The summed E-state index contributed by atoms with van der Waals surface area (Å²) in [4.78, 5) is 36.0. The van der Waals surface area contributed by atoms with Crippen molar-refractivity contribution in [2.75, 3.05) is 31.0 Å². The molecule has 4 aromatic rings. The van der Waals surface area contributed by atoms with Crippen LogP contribution in [0.5, 0.6) is 5.75 Å². The molecule has 0 spiro atoms. The normalized spacial score (nSPS) is 17.5. The van der Waals surface area contributed by atoms with Crippen molar-refractivity contribution in [3.05, 3.63) is 60.6 Å². The number of rotatable bonds is 7. The summed E-state index contributed by atoms with van der Waals surface area (Å²) in [5.41, 5.74) is 0.901. The number of hydrogen-bond acceptors (Lipinski definition) is 9. The molecule has 198 valence electrons. The third kappa shape index (κ3) is 5.07. The standard InChI is InChI=1S/C24H23F3N8O3/c1-34(16-8-17(37-2)11-28-10-16)22(36)20-19(4-6-38-20)35-13-32-18-12-31-23(33-21(18)35)30-9-15-7-14(3-5-29-15)24(25,26)27/h3,5,7-8,10-13,19-20H,4,6,9H2,1-2H3,(H,30,31,33). The number of imidazole rings is 1. The number of carbonyl (C=O) groups is 1. The van der Waals surface area contributed by atoms with Crippen LogP contribution in [0.3, 0.4) is 0 Å². The summed E-state index contributed by atoms with van der Waals surface area (Å²) >= 11 is 0. The summed E-state index contributed by atoms with van der Waals surface area (Å²) in [6.45, 7) is 0.346. The van der Waals surface area contributed by atoms with Crippen LogP contribution in [0.25, 0.3) is 11.2 Å². The Hall–Kier alpha value is -4.33. The van der Waals surface area contributed by atoms with Crippen LogP contribution in [-0.2, 0) is 22.3 Å². The molecule has 38 heavy (non-hydrogen) atoms. The van der Waals surface area contributed by atoms with Gasteiger partial charge in [-0.2, -0.15) is 18.2 Å². The molecule has 5 rings (SSSR count). The smallest absolute Gasteiger partial charge is 0.416 e. The van der Waals surface area contributed by atoms with Crippen LogP contribution in [-0.4, -0.2) is 62.3 Å². The lowest BCUT2D eigenvalue weighted by Crippen LogP contribution is -2.40. The Kier molecular flexibility index (Phi) is 6.80. The molecule has 2 atom stereocenters. The first-order chi connectivity index (χ1) is 18.2. The molecule has 0 aliphatic carbocycles. The average Bonchev–Trinajstić information content (AvgIpc) is 3.57. The molecule has 5 heterocycles. The number of hydrogen-bond donors (Lipinski definition) is 1. The minimum absolute atomic E-state index is 0.0173. The van der Waals surface area contributed by atoms with Crippen molar-refractivity contribution >= 4 is 28.7 Å². The molecule has 0 saturated carbocycles. The molecule has 1 N–H and O–H groups in total. The minimum Gasteiger partial charge on any atom is -0.495 e. The highest BCUT2D eigenvalue weighted by molar-refractivity contribution is 5.96. The van der Waals surface area contributed by atoms with E-state index in [1.54, 1.807) is 36.4 Å². The molecular formula is C24H23F3N8O3. The number of aromatic nitrogens is 6. The summed E-state index contributed by atoms with van der Waals surface area (Å²) in [6.07, 6.45) is 2.57. The van der Waals surface area contributed by atoms with Gasteiger partial charge in [0.15, 0.2) is 11.8 Å². The molecule has 1 aliphatic rings. The Morgan fingerprint density at radius 3 is 2.87 bits per heavy atom. The summed E-state index contributed by atoms with van der Waals surface area (Å²) in [5, 5.41) is 2.91. The highest BCUT2D eigenvalue weighted by Crippen LogP contribution is 2.32. The summed E-state index contributed by atoms with van der Waals surface area (Å²) in [6, 6.07) is 3.19. The second kappa shape index (κ2) is 10.2. The van der Waals surface area contributed by atoms with Crippen LogP contribution >= 0.6 is 0 Å². The van der Waals surface area contributed by atoms with E-state index >= 15 is 0 Å². The maximum atomic E-state index is 13.4.